The summed E-state index contributed by atoms with van der Waals surface area (Å²) in [5, 5.41) is 42.0. The molecular weight excluding hydrogens is 534 g/mol. The minimum Gasteiger partial charge on any atom is -0.508 e. The molecule has 222 valence electrons. The molecule has 4 N–H and O–H groups in total. The molecule has 0 bridgehead atoms. The summed E-state index contributed by atoms with van der Waals surface area (Å²) >= 11 is 0. The molecule has 0 saturated heterocycles. The Hall–Kier alpha value is -4.57. The van der Waals surface area contributed by atoms with Crippen molar-refractivity contribution in [2.45, 2.75) is 53.1 Å². The van der Waals surface area contributed by atoms with Crippen LogP contribution < -0.4 is 10.1 Å². The van der Waals surface area contributed by atoms with Gasteiger partial charge in [-0.05, 0) is 65.9 Å². The molecule has 0 aliphatic heterocycles. The van der Waals surface area contributed by atoms with Crippen LogP contribution in [0.4, 0.5) is 0 Å². The summed E-state index contributed by atoms with van der Waals surface area (Å²) in [7, 11) is 0. The van der Waals surface area contributed by atoms with Crippen molar-refractivity contribution in [3.05, 3.63) is 77.4 Å². The number of aromatic nitrogens is 3. The standard InChI is InChI=1S/C32H39N5O5/c1-5-36(20-24-9-13-26(14-10-24)42-16-6-15-33-22(4)38)19-23-7-11-25(12-8-23)37-31(34-35-32(37)41)28-17-27(21(2)3)29(39)18-30(28)40/h7-14,17-18,21,39-40H,5-6,15-16,19-20H2,1-4H3,(H,33,38)(H,35,41). The Morgan fingerprint density at radius 2 is 1.60 bits per heavy atom. The van der Waals surface area contributed by atoms with E-state index in [1.54, 1.807) is 6.07 Å². The van der Waals surface area contributed by atoms with E-state index < -0.39 is 0 Å². The second-order valence-corrected chi connectivity index (χ2v) is 10.5. The van der Waals surface area contributed by atoms with Gasteiger partial charge in [0.05, 0.1) is 17.9 Å². The third kappa shape index (κ3) is 7.58. The van der Waals surface area contributed by atoms with Gasteiger partial charge in [-0.15, -0.1) is 5.10 Å². The van der Waals surface area contributed by atoms with E-state index in [0.29, 0.717) is 30.0 Å². The molecule has 1 heterocycles. The molecule has 3 aromatic carbocycles. The minimum atomic E-state index is -0.299. The number of amides is 1. The van der Waals surface area contributed by atoms with Gasteiger partial charge in [-0.25, -0.2) is 4.57 Å². The van der Waals surface area contributed by atoms with E-state index in [0.717, 1.165) is 37.4 Å². The van der Waals surface area contributed by atoms with E-state index in [1.807, 2.05) is 50.2 Å². The summed E-state index contributed by atoms with van der Waals surface area (Å²) in [4.78, 5) is 13.3. The van der Waals surface area contributed by atoms with Gasteiger partial charge < -0.3 is 25.4 Å². The van der Waals surface area contributed by atoms with E-state index in [1.165, 1.54) is 23.1 Å². The van der Waals surface area contributed by atoms with Crippen molar-refractivity contribution in [3.8, 4) is 40.3 Å². The minimum absolute atomic E-state index is 0.00544. The third-order valence-electron chi connectivity index (χ3n) is 7.00. The zero-order valence-corrected chi connectivity index (χ0v) is 24.5. The Morgan fingerprint density at radius 3 is 2.19 bits per heavy atom. The first kappa shape index (κ1) is 30.4. The maximum atomic E-state index is 10.9. The Morgan fingerprint density at radius 1 is 0.952 bits per heavy atom. The highest BCUT2D eigenvalue weighted by molar-refractivity contribution is 5.72. The van der Waals surface area contributed by atoms with Crippen molar-refractivity contribution in [3.63, 3.8) is 0 Å². The van der Waals surface area contributed by atoms with Crippen molar-refractivity contribution >= 4 is 5.91 Å². The van der Waals surface area contributed by atoms with Crippen LogP contribution in [0.15, 0.2) is 60.7 Å². The molecule has 42 heavy (non-hydrogen) atoms. The largest absolute Gasteiger partial charge is 0.508 e. The molecule has 0 saturated carbocycles. The van der Waals surface area contributed by atoms with Crippen LogP contribution in [0, 0.1) is 0 Å². The SMILES string of the molecule is CCN(Cc1ccc(OCCCNC(C)=O)cc1)Cc1ccc(-n2c(O)nnc2-c2cc(C(C)C)c(O)cc2O)cc1. The van der Waals surface area contributed by atoms with E-state index in [4.69, 9.17) is 4.74 Å². The van der Waals surface area contributed by atoms with Gasteiger partial charge in [-0.3, -0.25) is 9.69 Å². The number of aromatic hydroxyl groups is 3. The first-order valence-corrected chi connectivity index (χ1v) is 14.1. The van der Waals surface area contributed by atoms with Gasteiger partial charge in [0.25, 0.3) is 0 Å². The van der Waals surface area contributed by atoms with Crippen molar-refractivity contribution in [1.82, 2.24) is 25.0 Å². The molecule has 0 aliphatic carbocycles. The maximum absolute atomic E-state index is 10.9. The van der Waals surface area contributed by atoms with Gasteiger partial charge in [0.15, 0.2) is 5.82 Å². The number of phenols is 2. The van der Waals surface area contributed by atoms with Crippen molar-refractivity contribution in [2.24, 2.45) is 0 Å². The number of hydrogen-bond acceptors (Lipinski definition) is 8. The number of hydrogen-bond donors (Lipinski definition) is 4. The average Bonchev–Trinajstić information content (AvgIpc) is 3.34. The second-order valence-electron chi connectivity index (χ2n) is 10.5. The molecule has 1 amide bonds. The second kappa shape index (κ2) is 13.9. The zero-order valence-electron chi connectivity index (χ0n) is 24.5. The van der Waals surface area contributed by atoms with Crippen molar-refractivity contribution in [2.75, 3.05) is 19.7 Å². The number of carbonyl (C=O) groups excluding carboxylic acids is 1. The highest BCUT2D eigenvalue weighted by Gasteiger charge is 2.21. The molecule has 0 fully saturated rings. The van der Waals surface area contributed by atoms with Crippen molar-refractivity contribution < 1.29 is 24.9 Å². The number of ether oxygens (including phenoxy) is 1. The van der Waals surface area contributed by atoms with Crippen molar-refractivity contribution in [1.29, 1.82) is 0 Å². The van der Waals surface area contributed by atoms with Crippen LogP contribution in [-0.2, 0) is 17.9 Å². The van der Waals surface area contributed by atoms with Gasteiger partial charge in [0, 0.05) is 32.6 Å². The van der Waals surface area contributed by atoms with E-state index in [2.05, 4.69) is 39.5 Å². The topological polar surface area (TPSA) is 133 Å². The summed E-state index contributed by atoms with van der Waals surface area (Å²) in [5.41, 5.74) is 3.95. The van der Waals surface area contributed by atoms with Gasteiger partial charge in [-0.2, -0.15) is 0 Å². The average molecular weight is 574 g/mol. The molecule has 0 atom stereocenters. The molecule has 0 aliphatic rings. The van der Waals surface area contributed by atoms with Gasteiger partial charge in [-0.1, -0.05) is 50.1 Å². The van der Waals surface area contributed by atoms with E-state index in [-0.39, 0.29) is 35.2 Å². The lowest BCUT2D eigenvalue weighted by atomic mass is 9.98. The summed E-state index contributed by atoms with van der Waals surface area (Å²) < 4.78 is 7.24. The number of nitrogens with one attached hydrogen (secondary N) is 1. The normalized spacial score (nSPS) is 11.3. The number of benzene rings is 3. The highest BCUT2D eigenvalue weighted by atomic mass is 16.5. The van der Waals surface area contributed by atoms with Crippen LogP contribution >= 0.6 is 0 Å². The summed E-state index contributed by atoms with van der Waals surface area (Å²) in [6, 6.07) is 18.5. The fourth-order valence-electron chi connectivity index (χ4n) is 4.69. The quantitative estimate of drug-likeness (QED) is 0.162. The Bertz CT molecular complexity index is 1480. The molecular formula is C32H39N5O5. The Labute approximate surface area is 246 Å². The van der Waals surface area contributed by atoms with Crippen LogP contribution in [0.5, 0.6) is 23.3 Å². The van der Waals surface area contributed by atoms with Gasteiger partial charge in [0.1, 0.15) is 17.2 Å². The fourth-order valence-corrected chi connectivity index (χ4v) is 4.69. The molecule has 0 radical (unpaired) electrons. The molecule has 4 aromatic rings. The number of phenolic OH excluding ortho intramolecular Hbond substituents is 2. The van der Waals surface area contributed by atoms with Gasteiger partial charge in [0.2, 0.25) is 5.91 Å². The summed E-state index contributed by atoms with van der Waals surface area (Å²) in [5.74, 6) is 0.918. The molecule has 10 heteroatoms. The third-order valence-corrected chi connectivity index (χ3v) is 7.00. The van der Waals surface area contributed by atoms with Crippen LogP contribution in [-0.4, -0.2) is 60.6 Å². The molecule has 10 nitrogen and oxygen atoms in total. The lowest BCUT2D eigenvalue weighted by Crippen LogP contribution is -2.22. The lowest BCUT2D eigenvalue weighted by Gasteiger charge is -2.21. The van der Waals surface area contributed by atoms with Gasteiger partial charge >= 0.3 is 6.01 Å². The predicted octanol–water partition coefficient (Wildman–Crippen LogP) is 5.10. The predicted molar refractivity (Wildman–Crippen MR) is 161 cm³/mol. The summed E-state index contributed by atoms with van der Waals surface area (Å²) in [6.07, 6.45) is 0.750. The molecule has 0 unspecified atom stereocenters. The molecule has 1 aromatic heterocycles. The number of nitrogens with zero attached hydrogens (tertiary/aromatic N) is 4. The molecule has 0 spiro atoms. The van der Waals surface area contributed by atoms with E-state index in [9.17, 15) is 20.1 Å². The monoisotopic (exact) mass is 573 g/mol. The maximum Gasteiger partial charge on any atom is 0.319 e. The lowest BCUT2D eigenvalue weighted by molar-refractivity contribution is -0.118. The fraction of sp³-hybridized carbons (Fsp3) is 0.344. The molecule has 4 rings (SSSR count). The van der Waals surface area contributed by atoms with Crippen LogP contribution in [0.2, 0.25) is 0 Å². The van der Waals surface area contributed by atoms with Crippen LogP contribution in [0.25, 0.3) is 17.1 Å². The Balaban J connectivity index is 1.42. The zero-order chi connectivity index (χ0) is 30.2. The highest BCUT2D eigenvalue weighted by Crippen LogP contribution is 2.38. The number of carbonyl (C=O) groups is 1. The van der Waals surface area contributed by atoms with Crippen LogP contribution in [0.1, 0.15) is 56.7 Å². The first-order chi connectivity index (χ1) is 20.2. The van der Waals surface area contributed by atoms with E-state index >= 15 is 0 Å². The Kier molecular flexibility index (Phi) is 10.0. The summed E-state index contributed by atoms with van der Waals surface area (Å²) in [6.45, 7) is 11.0. The smallest absolute Gasteiger partial charge is 0.319 e. The van der Waals surface area contributed by atoms with Crippen LogP contribution in [0.3, 0.4) is 0 Å². The first-order valence-electron chi connectivity index (χ1n) is 14.1. The number of rotatable bonds is 13.